The van der Waals surface area contributed by atoms with Gasteiger partial charge in [0, 0.05) is 29.3 Å². The number of hydrogen-bond donors (Lipinski definition) is 1. The molecule has 2 aromatic rings. The molecule has 2 aromatic carbocycles. The predicted octanol–water partition coefficient (Wildman–Crippen LogP) is 3.96. The first kappa shape index (κ1) is 15.3. The van der Waals surface area contributed by atoms with E-state index in [4.69, 9.17) is 0 Å². The molecule has 2 fully saturated rings. The Labute approximate surface area is 144 Å². The molecule has 0 aliphatic carbocycles. The number of aromatic hydroxyl groups is 1. The van der Waals surface area contributed by atoms with Crippen molar-refractivity contribution in [3.8, 4) is 5.75 Å². The van der Waals surface area contributed by atoms with Gasteiger partial charge in [-0.25, -0.2) is 4.67 Å². The Kier molecular flexibility index (Phi) is 3.75. The van der Waals surface area contributed by atoms with Crippen LogP contribution in [0.2, 0.25) is 0 Å². The molecule has 6 heteroatoms. The Balaban J connectivity index is 1.90. The van der Waals surface area contributed by atoms with Gasteiger partial charge in [0.15, 0.2) is 0 Å². The van der Waals surface area contributed by atoms with Gasteiger partial charge < -0.3 is 9.78 Å². The summed E-state index contributed by atoms with van der Waals surface area (Å²) in [4.78, 5) is 0. The molecule has 0 spiro atoms. The molecule has 4 nitrogen and oxygen atoms in total. The molecule has 2 atom stereocenters. The first-order chi connectivity index (χ1) is 11.1. The largest absolute Gasteiger partial charge is 0.507 e. The van der Waals surface area contributed by atoms with E-state index < -0.39 is 7.44 Å². The molecule has 2 aliphatic heterocycles. The lowest BCUT2D eigenvalue weighted by atomic mass is 10.2. The van der Waals surface area contributed by atoms with Gasteiger partial charge in [-0.1, -0.05) is 34.1 Å². The van der Waals surface area contributed by atoms with Crippen LogP contribution in [0.15, 0.2) is 53.0 Å². The van der Waals surface area contributed by atoms with E-state index in [2.05, 4.69) is 20.6 Å². The fourth-order valence-electron chi connectivity index (χ4n) is 3.67. The number of rotatable bonds is 2. The fourth-order valence-corrected chi connectivity index (χ4v) is 7.60. The number of halogens is 1. The smallest absolute Gasteiger partial charge is 0.273 e. The molecule has 1 N–H and O–H groups in total. The highest BCUT2D eigenvalue weighted by Gasteiger charge is 2.52. The second kappa shape index (κ2) is 5.66. The third kappa shape index (κ3) is 2.34. The molecular weight excluding hydrogens is 375 g/mol. The third-order valence-electron chi connectivity index (χ3n) is 4.71. The molecule has 120 valence electrons. The summed E-state index contributed by atoms with van der Waals surface area (Å²) >= 11 is 3.45. The minimum Gasteiger partial charge on any atom is -0.507 e. The summed E-state index contributed by atoms with van der Waals surface area (Å²) in [5, 5.41) is 10.9. The van der Waals surface area contributed by atoms with Crippen LogP contribution in [0.5, 0.6) is 5.75 Å². The molecule has 0 amide bonds. The van der Waals surface area contributed by atoms with Crippen molar-refractivity contribution in [3.63, 3.8) is 0 Å². The summed E-state index contributed by atoms with van der Waals surface area (Å²) in [5.74, 6) is 0.102. The number of nitrogens with zero attached hydrogens (tertiary/aromatic N) is 2. The molecular formula is C17H18BrN2O2P. The number of fused-ring (bicyclic) bond motifs is 1. The first-order valence-electron chi connectivity index (χ1n) is 7.80. The minimum absolute atomic E-state index is 0.102. The van der Waals surface area contributed by atoms with Crippen LogP contribution in [0.25, 0.3) is 0 Å². The monoisotopic (exact) mass is 392 g/mol. The van der Waals surface area contributed by atoms with Crippen molar-refractivity contribution in [1.82, 2.24) is 4.67 Å². The van der Waals surface area contributed by atoms with Crippen LogP contribution in [0, 0.1) is 0 Å². The number of phenols is 1. The molecule has 23 heavy (non-hydrogen) atoms. The standard InChI is InChI=1S/C17H18BrN2O2P/c18-13-8-9-16(21)17(11-13)23(22)19-10-4-7-15(19)12-20(23)14-5-2-1-3-6-14/h1-3,5-6,8-9,11,15,21H,4,7,10,12H2/t15-,23?/m1/s1. The number of para-hydroxylation sites is 1. The molecule has 0 radical (unpaired) electrons. The SMILES string of the molecule is O=P1(c2cc(Br)ccc2O)N(c2ccccc2)C[C@H]2CCCN21. The van der Waals surface area contributed by atoms with Gasteiger partial charge in [-0.15, -0.1) is 0 Å². The number of hydrogen-bond acceptors (Lipinski definition) is 2. The molecule has 0 bridgehead atoms. The van der Waals surface area contributed by atoms with Crippen molar-refractivity contribution in [2.75, 3.05) is 17.8 Å². The van der Waals surface area contributed by atoms with Crippen LogP contribution >= 0.6 is 23.4 Å². The van der Waals surface area contributed by atoms with Gasteiger partial charge in [-0.2, -0.15) is 0 Å². The molecule has 0 aromatic heterocycles. The van der Waals surface area contributed by atoms with E-state index in [1.807, 2.05) is 35.0 Å². The number of benzene rings is 2. The summed E-state index contributed by atoms with van der Waals surface area (Å²) in [6.45, 7) is 1.56. The second-order valence-electron chi connectivity index (χ2n) is 6.05. The van der Waals surface area contributed by atoms with Crippen LogP contribution in [-0.2, 0) is 4.57 Å². The molecule has 0 saturated carbocycles. The third-order valence-corrected chi connectivity index (χ3v) is 8.46. The van der Waals surface area contributed by atoms with Gasteiger partial charge in [-0.3, -0.25) is 4.57 Å². The van der Waals surface area contributed by atoms with Crippen molar-refractivity contribution in [3.05, 3.63) is 53.0 Å². The van der Waals surface area contributed by atoms with E-state index >= 15 is 0 Å². The van der Waals surface area contributed by atoms with Gasteiger partial charge in [-0.05, 0) is 43.2 Å². The van der Waals surface area contributed by atoms with Crippen molar-refractivity contribution >= 4 is 34.4 Å². The topological polar surface area (TPSA) is 43.8 Å². The van der Waals surface area contributed by atoms with Crippen molar-refractivity contribution in [1.29, 1.82) is 0 Å². The lowest BCUT2D eigenvalue weighted by Crippen LogP contribution is -2.27. The second-order valence-corrected chi connectivity index (χ2v) is 9.54. The molecule has 2 heterocycles. The summed E-state index contributed by atoms with van der Waals surface area (Å²) in [6, 6.07) is 15.3. The lowest BCUT2D eigenvalue weighted by molar-refractivity contribution is 0.433. The number of phenolic OH excluding ortho intramolecular Hbond substituents is 1. The first-order valence-corrected chi connectivity index (χ1v) is 10.2. The Morgan fingerprint density at radius 3 is 2.74 bits per heavy atom. The highest BCUT2D eigenvalue weighted by atomic mass is 79.9. The van der Waals surface area contributed by atoms with E-state index in [1.54, 1.807) is 18.2 Å². The van der Waals surface area contributed by atoms with E-state index in [1.165, 1.54) is 0 Å². The lowest BCUT2D eigenvalue weighted by Gasteiger charge is -2.31. The molecule has 1 unspecified atom stereocenters. The highest BCUT2D eigenvalue weighted by Crippen LogP contribution is 2.63. The normalized spacial score (nSPS) is 27.3. The average molecular weight is 393 g/mol. The Bertz CT molecular complexity index is 783. The van der Waals surface area contributed by atoms with Crippen molar-refractivity contribution in [2.24, 2.45) is 0 Å². The van der Waals surface area contributed by atoms with Crippen LogP contribution in [0.4, 0.5) is 5.69 Å². The van der Waals surface area contributed by atoms with Crippen LogP contribution in [-0.4, -0.2) is 28.9 Å². The predicted molar refractivity (Wildman–Crippen MR) is 96.6 cm³/mol. The van der Waals surface area contributed by atoms with Crippen molar-refractivity contribution < 1.29 is 9.67 Å². The maximum atomic E-state index is 14.2. The van der Waals surface area contributed by atoms with Gasteiger partial charge in [0.05, 0.1) is 5.30 Å². The maximum absolute atomic E-state index is 14.2. The quantitative estimate of drug-likeness (QED) is 0.785. The zero-order valence-electron chi connectivity index (χ0n) is 12.6. The van der Waals surface area contributed by atoms with E-state index in [-0.39, 0.29) is 5.75 Å². The maximum Gasteiger partial charge on any atom is 0.273 e. The van der Waals surface area contributed by atoms with Gasteiger partial charge in [0.2, 0.25) is 0 Å². The summed E-state index contributed by atoms with van der Waals surface area (Å²) in [7, 11) is -3.04. The highest BCUT2D eigenvalue weighted by molar-refractivity contribution is 9.10. The Hall–Kier alpha value is -1.29. The van der Waals surface area contributed by atoms with Gasteiger partial charge in [0.25, 0.3) is 7.44 Å². The minimum atomic E-state index is -3.04. The zero-order valence-corrected chi connectivity index (χ0v) is 15.1. The fraction of sp³-hybridized carbons (Fsp3) is 0.294. The molecule has 2 aliphatic rings. The average Bonchev–Trinajstić information content (AvgIpc) is 3.13. The van der Waals surface area contributed by atoms with Crippen LogP contribution < -0.4 is 9.97 Å². The summed E-state index contributed by atoms with van der Waals surface area (Å²) in [6.07, 6.45) is 2.12. The molecule has 4 rings (SSSR count). The summed E-state index contributed by atoms with van der Waals surface area (Å²) in [5.41, 5.74) is 0.949. The Morgan fingerprint density at radius 1 is 1.17 bits per heavy atom. The zero-order chi connectivity index (χ0) is 16.0. The number of anilines is 1. The van der Waals surface area contributed by atoms with Crippen molar-refractivity contribution in [2.45, 2.75) is 18.9 Å². The van der Waals surface area contributed by atoms with Gasteiger partial charge >= 0.3 is 0 Å². The molecule has 2 saturated heterocycles. The van der Waals surface area contributed by atoms with E-state index in [0.29, 0.717) is 11.3 Å². The Morgan fingerprint density at radius 2 is 1.96 bits per heavy atom. The van der Waals surface area contributed by atoms with E-state index in [0.717, 1.165) is 36.1 Å². The van der Waals surface area contributed by atoms with Crippen LogP contribution in [0.1, 0.15) is 12.8 Å². The van der Waals surface area contributed by atoms with E-state index in [9.17, 15) is 9.67 Å². The summed E-state index contributed by atoms with van der Waals surface area (Å²) < 4.78 is 19.1. The van der Waals surface area contributed by atoms with Crippen LogP contribution in [0.3, 0.4) is 0 Å². The van der Waals surface area contributed by atoms with Gasteiger partial charge in [0.1, 0.15) is 5.75 Å².